The Balaban J connectivity index is 1.53. The van der Waals surface area contributed by atoms with Gasteiger partial charge in [0.05, 0.1) is 0 Å². The van der Waals surface area contributed by atoms with Gasteiger partial charge in [0.2, 0.25) is 5.91 Å². The smallest absolute Gasteiger partial charge is 0.224 e. The van der Waals surface area contributed by atoms with Crippen LogP contribution in [-0.4, -0.2) is 20.4 Å². The highest BCUT2D eigenvalue weighted by molar-refractivity contribution is 5.90. The van der Waals surface area contributed by atoms with Crippen LogP contribution >= 0.6 is 0 Å². The third-order valence-electron chi connectivity index (χ3n) is 4.72. The van der Waals surface area contributed by atoms with E-state index >= 15 is 0 Å². The van der Waals surface area contributed by atoms with E-state index in [0.717, 1.165) is 34.8 Å². The summed E-state index contributed by atoms with van der Waals surface area (Å²) in [6.07, 6.45) is 3.63. The van der Waals surface area contributed by atoms with E-state index in [-0.39, 0.29) is 5.91 Å². The zero-order chi connectivity index (χ0) is 19.3. The number of para-hydroxylation sites is 1. The standard InChI is InChI=1S/C23H22N4O/c1-2-17-10-12-18(13-11-17)25-22(28)15-14-21-26-20-9-6-16-24-23(20)27(21)19-7-4-3-5-8-19/h3-13,16H,2,14-15H2,1H3,(H,25,28). The fourth-order valence-electron chi connectivity index (χ4n) is 3.25. The van der Waals surface area contributed by atoms with E-state index in [9.17, 15) is 4.79 Å². The highest BCUT2D eigenvalue weighted by Gasteiger charge is 2.14. The Labute approximate surface area is 164 Å². The van der Waals surface area contributed by atoms with Gasteiger partial charge < -0.3 is 5.32 Å². The number of nitrogens with zero attached hydrogens (tertiary/aromatic N) is 3. The van der Waals surface area contributed by atoms with Gasteiger partial charge in [-0.25, -0.2) is 9.97 Å². The van der Waals surface area contributed by atoms with Crippen LogP contribution in [0.25, 0.3) is 16.9 Å². The number of hydrogen-bond donors (Lipinski definition) is 1. The van der Waals surface area contributed by atoms with Crippen molar-refractivity contribution in [2.75, 3.05) is 5.32 Å². The second-order valence-corrected chi connectivity index (χ2v) is 6.64. The first-order valence-electron chi connectivity index (χ1n) is 9.51. The molecule has 5 heteroatoms. The molecule has 4 aromatic rings. The van der Waals surface area contributed by atoms with Gasteiger partial charge in [0.15, 0.2) is 5.65 Å². The maximum atomic E-state index is 12.4. The zero-order valence-electron chi connectivity index (χ0n) is 15.8. The Morgan fingerprint density at radius 1 is 1.00 bits per heavy atom. The normalized spacial score (nSPS) is 10.9. The van der Waals surface area contributed by atoms with Crippen molar-refractivity contribution in [1.82, 2.24) is 14.5 Å². The second kappa shape index (κ2) is 8.05. The molecule has 0 atom stereocenters. The van der Waals surface area contributed by atoms with E-state index in [1.165, 1.54) is 5.56 Å². The summed E-state index contributed by atoms with van der Waals surface area (Å²) in [5.74, 6) is 0.806. The summed E-state index contributed by atoms with van der Waals surface area (Å²) in [6, 6.07) is 21.8. The fraction of sp³-hybridized carbons (Fsp3) is 0.174. The first-order chi connectivity index (χ1) is 13.7. The highest BCUT2D eigenvalue weighted by atomic mass is 16.1. The number of aromatic nitrogens is 3. The lowest BCUT2D eigenvalue weighted by Crippen LogP contribution is -2.14. The molecule has 2 aromatic heterocycles. The second-order valence-electron chi connectivity index (χ2n) is 6.64. The number of benzene rings is 2. The summed E-state index contributed by atoms with van der Waals surface area (Å²) < 4.78 is 2.03. The minimum atomic E-state index is -0.0242. The van der Waals surface area contributed by atoms with Crippen molar-refractivity contribution < 1.29 is 4.79 Å². The SMILES string of the molecule is CCc1ccc(NC(=O)CCc2nc3cccnc3n2-c2ccccc2)cc1. The molecule has 28 heavy (non-hydrogen) atoms. The first-order valence-corrected chi connectivity index (χ1v) is 9.51. The number of amides is 1. The number of aryl methyl sites for hydroxylation is 2. The van der Waals surface area contributed by atoms with Crippen LogP contribution in [0.4, 0.5) is 5.69 Å². The molecule has 5 nitrogen and oxygen atoms in total. The Morgan fingerprint density at radius 2 is 1.79 bits per heavy atom. The molecule has 0 fully saturated rings. The molecule has 0 spiro atoms. The van der Waals surface area contributed by atoms with Crippen LogP contribution in [0.1, 0.15) is 24.7 Å². The number of fused-ring (bicyclic) bond motifs is 1. The molecule has 0 unspecified atom stereocenters. The summed E-state index contributed by atoms with van der Waals surface area (Å²) in [4.78, 5) is 21.6. The number of rotatable bonds is 6. The van der Waals surface area contributed by atoms with E-state index in [1.807, 2.05) is 71.3 Å². The summed E-state index contributed by atoms with van der Waals surface area (Å²) in [5.41, 5.74) is 4.70. The predicted octanol–water partition coefficient (Wildman–Crippen LogP) is 4.55. The van der Waals surface area contributed by atoms with Gasteiger partial charge in [-0.05, 0) is 48.4 Å². The molecule has 0 saturated carbocycles. The number of pyridine rings is 1. The van der Waals surface area contributed by atoms with Gasteiger partial charge >= 0.3 is 0 Å². The number of nitrogens with one attached hydrogen (secondary N) is 1. The Kier molecular flexibility index (Phi) is 5.15. The summed E-state index contributed by atoms with van der Waals surface area (Å²) in [5, 5.41) is 2.96. The van der Waals surface area contributed by atoms with Crippen molar-refractivity contribution in [1.29, 1.82) is 0 Å². The number of hydrogen-bond acceptors (Lipinski definition) is 3. The van der Waals surface area contributed by atoms with E-state index in [2.05, 4.69) is 17.2 Å². The third kappa shape index (κ3) is 3.78. The molecule has 0 saturated heterocycles. The number of carbonyl (C=O) groups is 1. The van der Waals surface area contributed by atoms with Gasteiger partial charge in [-0.3, -0.25) is 9.36 Å². The molecule has 1 amide bonds. The van der Waals surface area contributed by atoms with Crippen LogP contribution in [0, 0.1) is 0 Å². The average Bonchev–Trinajstić information content (AvgIpc) is 3.12. The molecule has 0 aliphatic carbocycles. The van der Waals surface area contributed by atoms with Crippen molar-refractivity contribution in [3.63, 3.8) is 0 Å². The minimum Gasteiger partial charge on any atom is -0.326 e. The molecule has 140 valence electrons. The van der Waals surface area contributed by atoms with E-state index < -0.39 is 0 Å². The maximum absolute atomic E-state index is 12.4. The van der Waals surface area contributed by atoms with Crippen molar-refractivity contribution >= 4 is 22.8 Å². The molecular formula is C23H22N4O. The van der Waals surface area contributed by atoms with Gasteiger partial charge in [0, 0.05) is 30.4 Å². The van der Waals surface area contributed by atoms with E-state index in [1.54, 1.807) is 6.20 Å². The van der Waals surface area contributed by atoms with Gasteiger partial charge in [0.25, 0.3) is 0 Å². The lowest BCUT2D eigenvalue weighted by atomic mass is 10.1. The fourth-order valence-corrected chi connectivity index (χ4v) is 3.25. The zero-order valence-corrected chi connectivity index (χ0v) is 15.8. The molecule has 2 heterocycles. The van der Waals surface area contributed by atoms with E-state index in [0.29, 0.717) is 12.8 Å². The van der Waals surface area contributed by atoms with Gasteiger partial charge in [0.1, 0.15) is 11.3 Å². The van der Waals surface area contributed by atoms with Gasteiger partial charge in [-0.15, -0.1) is 0 Å². The van der Waals surface area contributed by atoms with Crippen LogP contribution in [0.2, 0.25) is 0 Å². The van der Waals surface area contributed by atoms with Crippen molar-refractivity contribution in [3.05, 3.63) is 84.3 Å². The largest absolute Gasteiger partial charge is 0.326 e. The number of imidazole rings is 1. The molecule has 0 bridgehead atoms. The molecule has 4 rings (SSSR count). The highest BCUT2D eigenvalue weighted by Crippen LogP contribution is 2.21. The first kappa shape index (κ1) is 17.9. The molecule has 0 aliphatic heterocycles. The van der Waals surface area contributed by atoms with Crippen molar-refractivity contribution in [2.45, 2.75) is 26.2 Å². The summed E-state index contributed by atoms with van der Waals surface area (Å²) >= 11 is 0. The quantitative estimate of drug-likeness (QED) is 0.541. The molecule has 2 aromatic carbocycles. The van der Waals surface area contributed by atoms with Gasteiger partial charge in [-0.1, -0.05) is 37.3 Å². The van der Waals surface area contributed by atoms with Crippen LogP contribution in [0.3, 0.4) is 0 Å². The Morgan fingerprint density at radius 3 is 2.54 bits per heavy atom. The Hall–Kier alpha value is -3.47. The van der Waals surface area contributed by atoms with Crippen molar-refractivity contribution in [3.8, 4) is 5.69 Å². The summed E-state index contributed by atoms with van der Waals surface area (Å²) in [7, 11) is 0. The predicted molar refractivity (Wildman–Crippen MR) is 112 cm³/mol. The number of anilines is 1. The van der Waals surface area contributed by atoms with Crippen LogP contribution < -0.4 is 5.32 Å². The monoisotopic (exact) mass is 370 g/mol. The molecule has 1 N–H and O–H groups in total. The maximum Gasteiger partial charge on any atom is 0.224 e. The molecule has 0 radical (unpaired) electrons. The lowest BCUT2D eigenvalue weighted by Gasteiger charge is -2.09. The van der Waals surface area contributed by atoms with Crippen LogP contribution in [-0.2, 0) is 17.6 Å². The van der Waals surface area contributed by atoms with Gasteiger partial charge in [-0.2, -0.15) is 0 Å². The molecule has 0 aliphatic rings. The molecular weight excluding hydrogens is 348 g/mol. The minimum absolute atomic E-state index is 0.0242. The van der Waals surface area contributed by atoms with Crippen LogP contribution in [0.5, 0.6) is 0 Å². The number of carbonyl (C=O) groups excluding carboxylic acids is 1. The Bertz CT molecular complexity index is 1080. The lowest BCUT2D eigenvalue weighted by molar-refractivity contribution is -0.116. The van der Waals surface area contributed by atoms with E-state index in [4.69, 9.17) is 4.98 Å². The van der Waals surface area contributed by atoms with Crippen molar-refractivity contribution in [2.24, 2.45) is 0 Å². The topological polar surface area (TPSA) is 59.8 Å². The summed E-state index contributed by atoms with van der Waals surface area (Å²) in [6.45, 7) is 2.11. The average molecular weight is 370 g/mol. The third-order valence-corrected chi connectivity index (χ3v) is 4.72. The van der Waals surface area contributed by atoms with Crippen LogP contribution in [0.15, 0.2) is 72.9 Å².